The van der Waals surface area contributed by atoms with E-state index in [1.54, 1.807) is 19.4 Å². The fourth-order valence-corrected chi connectivity index (χ4v) is 2.84. The van der Waals surface area contributed by atoms with Gasteiger partial charge < -0.3 is 10.1 Å². The molecule has 22 heavy (non-hydrogen) atoms. The summed E-state index contributed by atoms with van der Waals surface area (Å²) < 4.78 is 5.01. The topological polar surface area (TPSA) is 51.2 Å². The number of carbonyl (C=O) groups excluding carboxylic acids is 1. The molecule has 1 N–H and O–H groups in total. The Hall–Kier alpha value is -2.07. The van der Waals surface area contributed by atoms with Crippen LogP contribution in [-0.4, -0.2) is 18.0 Å². The lowest BCUT2D eigenvalue weighted by molar-refractivity contribution is -0.122. The number of nitrogens with one attached hydrogen (secondary N) is 1. The van der Waals surface area contributed by atoms with Crippen molar-refractivity contribution in [1.29, 1.82) is 0 Å². The van der Waals surface area contributed by atoms with Gasteiger partial charge in [-0.15, -0.1) is 0 Å². The number of pyridine rings is 1. The van der Waals surface area contributed by atoms with E-state index in [-0.39, 0.29) is 17.7 Å². The van der Waals surface area contributed by atoms with Crippen molar-refractivity contribution in [1.82, 2.24) is 10.3 Å². The third kappa shape index (κ3) is 3.22. The quantitative estimate of drug-likeness (QED) is 0.922. The molecule has 1 heterocycles. The Labute approximate surface area is 134 Å². The molecule has 1 aliphatic rings. The van der Waals surface area contributed by atoms with Crippen molar-refractivity contribution in [3.8, 4) is 5.88 Å². The summed E-state index contributed by atoms with van der Waals surface area (Å²) in [5, 5.41) is 3.69. The van der Waals surface area contributed by atoms with E-state index in [0.29, 0.717) is 12.4 Å². The summed E-state index contributed by atoms with van der Waals surface area (Å²) in [6, 6.07) is 11.4. The van der Waals surface area contributed by atoms with Gasteiger partial charge in [0.15, 0.2) is 0 Å². The van der Waals surface area contributed by atoms with Crippen molar-refractivity contribution in [2.45, 2.75) is 18.9 Å². The number of aromatic nitrogens is 1. The molecule has 114 valence electrons. The lowest BCUT2D eigenvalue weighted by Gasteiger charge is -2.06. The number of ether oxygens (including phenoxy) is 1. The molecule has 0 bridgehead atoms. The van der Waals surface area contributed by atoms with Crippen LogP contribution in [0, 0.1) is 5.92 Å². The van der Waals surface area contributed by atoms with Gasteiger partial charge in [-0.05, 0) is 29.5 Å². The molecule has 1 aromatic carbocycles. The Morgan fingerprint density at radius 3 is 2.86 bits per heavy atom. The summed E-state index contributed by atoms with van der Waals surface area (Å²) in [4.78, 5) is 16.3. The van der Waals surface area contributed by atoms with Crippen molar-refractivity contribution < 1.29 is 9.53 Å². The average molecular weight is 317 g/mol. The summed E-state index contributed by atoms with van der Waals surface area (Å²) in [7, 11) is 1.58. The monoisotopic (exact) mass is 316 g/mol. The Morgan fingerprint density at radius 2 is 2.18 bits per heavy atom. The molecule has 2 atom stereocenters. The lowest BCUT2D eigenvalue weighted by Crippen LogP contribution is -2.24. The summed E-state index contributed by atoms with van der Waals surface area (Å²) in [6.45, 7) is 0.474. The fourth-order valence-electron chi connectivity index (χ4n) is 2.56. The van der Waals surface area contributed by atoms with Crippen molar-refractivity contribution >= 4 is 17.5 Å². The van der Waals surface area contributed by atoms with Crippen molar-refractivity contribution in [2.75, 3.05) is 7.11 Å². The summed E-state index contributed by atoms with van der Waals surface area (Å²) in [5.41, 5.74) is 2.01. The zero-order chi connectivity index (χ0) is 15.5. The molecule has 5 heteroatoms. The molecule has 1 aromatic heterocycles. The number of nitrogens with zero attached hydrogens (tertiary/aromatic N) is 1. The van der Waals surface area contributed by atoms with E-state index in [1.807, 2.05) is 30.3 Å². The number of hydrogen-bond donors (Lipinski definition) is 1. The van der Waals surface area contributed by atoms with E-state index in [4.69, 9.17) is 16.3 Å². The average Bonchev–Trinajstić information content (AvgIpc) is 3.34. The number of halogens is 1. The van der Waals surface area contributed by atoms with E-state index >= 15 is 0 Å². The van der Waals surface area contributed by atoms with Gasteiger partial charge in [-0.2, -0.15) is 0 Å². The highest BCUT2D eigenvalue weighted by Crippen LogP contribution is 2.49. The number of benzene rings is 1. The maximum atomic E-state index is 12.2. The normalized spacial score (nSPS) is 19.5. The van der Waals surface area contributed by atoms with E-state index < -0.39 is 0 Å². The van der Waals surface area contributed by atoms with Crippen molar-refractivity contribution in [2.24, 2.45) is 5.92 Å². The predicted octanol–water partition coefficient (Wildman–Crippen LogP) is 3.16. The van der Waals surface area contributed by atoms with E-state index in [0.717, 1.165) is 22.6 Å². The van der Waals surface area contributed by atoms with Crippen LogP contribution in [0.1, 0.15) is 23.5 Å². The van der Waals surface area contributed by atoms with E-state index in [9.17, 15) is 4.79 Å². The van der Waals surface area contributed by atoms with Crippen LogP contribution in [0.5, 0.6) is 5.88 Å². The maximum absolute atomic E-state index is 12.2. The molecule has 0 radical (unpaired) electrons. The molecule has 4 nitrogen and oxygen atoms in total. The first-order valence-electron chi connectivity index (χ1n) is 7.20. The zero-order valence-electron chi connectivity index (χ0n) is 12.3. The maximum Gasteiger partial charge on any atom is 0.224 e. The van der Waals surface area contributed by atoms with Gasteiger partial charge in [0, 0.05) is 29.7 Å². The third-order valence-corrected chi connectivity index (χ3v) is 4.25. The number of amides is 1. The SMILES string of the molecule is COc1ccc(CNC(=O)C2CC2c2ccccc2Cl)cn1. The Kier molecular flexibility index (Phi) is 4.29. The molecule has 0 aliphatic heterocycles. The van der Waals surface area contributed by atoms with Crippen molar-refractivity contribution in [3.63, 3.8) is 0 Å². The lowest BCUT2D eigenvalue weighted by atomic mass is 10.1. The second-order valence-electron chi connectivity index (χ2n) is 5.40. The summed E-state index contributed by atoms with van der Waals surface area (Å²) >= 11 is 6.18. The zero-order valence-corrected chi connectivity index (χ0v) is 13.0. The van der Waals surface area contributed by atoms with Crippen LogP contribution < -0.4 is 10.1 Å². The fraction of sp³-hybridized carbons (Fsp3) is 0.294. The molecular formula is C17H17ClN2O2. The highest BCUT2D eigenvalue weighted by atomic mass is 35.5. The first-order valence-corrected chi connectivity index (χ1v) is 7.58. The summed E-state index contributed by atoms with van der Waals surface area (Å²) in [6.07, 6.45) is 2.56. The molecule has 3 rings (SSSR count). The Morgan fingerprint density at radius 1 is 1.36 bits per heavy atom. The second kappa shape index (κ2) is 6.36. The standard InChI is InChI=1S/C17H17ClN2O2/c1-22-16-7-6-11(9-19-16)10-20-17(21)14-8-13(14)12-4-2-3-5-15(12)18/h2-7,9,13-14H,8,10H2,1H3,(H,20,21). The van der Waals surface area contributed by atoms with E-state index in [2.05, 4.69) is 10.3 Å². The van der Waals surface area contributed by atoms with E-state index in [1.165, 1.54) is 0 Å². The number of methoxy groups -OCH3 is 1. The highest BCUT2D eigenvalue weighted by Gasteiger charge is 2.44. The van der Waals surface area contributed by atoms with Gasteiger partial charge in [-0.25, -0.2) is 4.98 Å². The molecule has 2 unspecified atom stereocenters. The largest absolute Gasteiger partial charge is 0.481 e. The molecular weight excluding hydrogens is 300 g/mol. The predicted molar refractivity (Wildman–Crippen MR) is 84.9 cm³/mol. The molecule has 1 amide bonds. The van der Waals surface area contributed by atoms with Crippen LogP contribution in [0.4, 0.5) is 0 Å². The highest BCUT2D eigenvalue weighted by molar-refractivity contribution is 6.31. The minimum Gasteiger partial charge on any atom is -0.481 e. The molecule has 1 aliphatic carbocycles. The summed E-state index contributed by atoms with van der Waals surface area (Å²) in [5.74, 6) is 0.894. The molecule has 0 saturated heterocycles. The first-order chi connectivity index (χ1) is 10.7. The molecule has 1 saturated carbocycles. The number of hydrogen-bond acceptors (Lipinski definition) is 3. The minimum absolute atomic E-state index is 0.0195. The minimum atomic E-state index is 0.0195. The van der Waals surface area contributed by atoms with Gasteiger partial charge in [-0.3, -0.25) is 4.79 Å². The Bertz CT molecular complexity index is 673. The van der Waals surface area contributed by atoms with Gasteiger partial charge in [0.25, 0.3) is 0 Å². The van der Waals surface area contributed by atoms with Crippen LogP contribution in [-0.2, 0) is 11.3 Å². The van der Waals surface area contributed by atoms with Crippen LogP contribution in [0.15, 0.2) is 42.6 Å². The molecule has 1 fully saturated rings. The van der Waals surface area contributed by atoms with Crippen LogP contribution >= 0.6 is 11.6 Å². The third-order valence-electron chi connectivity index (χ3n) is 3.91. The van der Waals surface area contributed by atoms with Crippen LogP contribution in [0.25, 0.3) is 0 Å². The molecule has 0 spiro atoms. The van der Waals surface area contributed by atoms with Gasteiger partial charge in [0.05, 0.1) is 7.11 Å². The van der Waals surface area contributed by atoms with Crippen molar-refractivity contribution in [3.05, 3.63) is 58.7 Å². The van der Waals surface area contributed by atoms with Gasteiger partial charge in [0.1, 0.15) is 0 Å². The number of rotatable bonds is 5. The van der Waals surface area contributed by atoms with Gasteiger partial charge in [-0.1, -0.05) is 35.9 Å². The van der Waals surface area contributed by atoms with Gasteiger partial charge in [0.2, 0.25) is 11.8 Å². The van der Waals surface area contributed by atoms with Gasteiger partial charge >= 0.3 is 0 Å². The second-order valence-corrected chi connectivity index (χ2v) is 5.80. The van der Waals surface area contributed by atoms with Crippen LogP contribution in [0.3, 0.4) is 0 Å². The first kappa shape index (κ1) is 14.9. The smallest absolute Gasteiger partial charge is 0.224 e. The van der Waals surface area contributed by atoms with Crippen LogP contribution in [0.2, 0.25) is 5.02 Å². The Balaban J connectivity index is 1.54. The molecule has 2 aromatic rings. The number of carbonyl (C=O) groups is 1.